The minimum absolute atomic E-state index is 0.0134. The molecule has 6 heteroatoms. The number of benzene rings is 2. The Balaban J connectivity index is 1.53. The highest BCUT2D eigenvalue weighted by Gasteiger charge is 2.26. The van der Waals surface area contributed by atoms with Gasteiger partial charge in [-0.25, -0.2) is 0 Å². The van der Waals surface area contributed by atoms with E-state index in [1.54, 1.807) is 7.11 Å². The fourth-order valence-electron chi connectivity index (χ4n) is 3.23. The van der Waals surface area contributed by atoms with Crippen LogP contribution in [0.25, 0.3) is 0 Å². The van der Waals surface area contributed by atoms with Gasteiger partial charge in [0.05, 0.1) is 12.8 Å². The predicted molar refractivity (Wildman–Crippen MR) is 108 cm³/mol. The largest absolute Gasteiger partial charge is 0.495 e. The molecule has 1 fully saturated rings. The maximum Gasteiger partial charge on any atom is 0.258 e. The Morgan fingerprint density at radius 2 is 2.04 bits per heavy atom. The lowest BCUT2D eigenvalue weighted by atomic mass is 10.1. The monoisotopic (exact) mass is 388 g/mol. The number of hydrogen-bond donors (Lipinski definition) is 1. The van der Waals surface area contributed by atoms with E-state index in [0.29, 0.717) is 17.3 Å². The molecular weight excluding hydrogens is 364 g/mol. The maximum absolute atomic E-state index is 12.2. The van der Waals surface area contributed by atoms with Crippen molar-refractivity contribution in [1.82, 2.24) is 5.32 Å². The van der Waals surface area contributed by atoms with Gasteiger partial charge in [-0.05, 0) is 61.7 Å². The second kappa shape index (κ2) is 8.53. The molecule has 3 rings (SSSR count). The number of nitrogens with one attached hydrogen (secondary N) is 1. The average Bonchev–Trinajstić information content (AvgIpc) is 3.11. The second-order valence-electron chi connectivity index (χ2n) is 6.85. The van der Waals surface area contributed by atoms with Crippen molar-refractivity contribution >= 4 is 23.2 Å². The number of aryl methyl sites for hydroxylation is 2. The molecule has 1 atom stereocenters. The first-order chi connectivity index (χ1) is 13.0. The van der Waals surface area contributed by atoms with Crippen LogP contribution in [-0.4, -0.2) is 38.8 Å². The van der Waals surface area contributed by atoms with E-state index in [1.807, 2.05) is 50.2 Å². The number of nitrogens with zero attached hydrogens (tertiary/aromatic N) is 1. The molecule has 1 heterocycles. The minimum atomic E-state index is -0.113. The van der Waals surface area contributed by atoms with Crippen molar-refractivity contribution in [3.05, 3.63) is 52.5 Å². The van der Waals surface area contributed by atoms with Gasteiger partial charge in [-0.15, -0.1) is 0 Å². The first kappa shape index (κ1) is 19.4. The number of amides is 1. The van der Waals surface area contributed by atoms with Gasteiger partial charge >= 0.3 is 0 Å². The van der Waals surface area contributed by atoms with Crippen molar-refractivity contribution in [2.24, 2.45) is 0 Å². The predicted octanol–water partition coefficient (Wildman–Crippen LogP) is 3.74. The molecule has 144 valence electrons. The summed E-state index contributed by atoms with van der Waals surface area (Å²) in [4.78, 5) is 14.4. The molecule has 1 unspecified atom stereocenters. The second-order valence-corrected chi connectivity index (χ2v) is 7.29. The van der Waals surface area contributed by atoms with Crippen molar-refractivity contribution in [3.63, 3.8) is 0 Å². The molecule has 1 amide bonds. The third-order valence-corrected chi connectivity index (χ3v) is 5.12. The third-order valence-electron chi connectivity index (χ3n) is 4.88. The summed E-state index contributed by atoms with van der Waals surface area (Å²) in [5.74, 6) is 1.38. The average molecular weight is 389 g/mol. The molecule has 0 aromatic heterocycles. The number of carbonyl (C=O) groups is 1. The van der Waals surface area contributed by atoms with Crippen LogP contribution in [0.5, 0.6) is 11.5 Å². The zero-order chi connectivity index (χ0) is 19.4. The fraction of sp³-hybridized carbons (Fsp3) is 0.381. The van der Waals surface area contributed by atoms with Gasteiger partial charge in [0.15, 0.2) is 6.61 Å². The van der Waals surface area contributed by atoms with E-state index in [2.05, 4.69) is 10.2 Å². The lowest BCUT2D eigenvalue weighted by Gasteiger charge is -2.21. The van der Waals surface area contributed by atoms with Gasteiger partial charge in [-0.2, -0.15) is 0 Å². The summed E-state index contributed by atoms with van der Waals surface area (Å²) >= 11 is 6.12. The molecule has 1 saturated heterocycles. The van der Waals surface area contributed by atoms with Gasteiger partial charge in [0.25, 0.3) is 5.91 Å². The highest BCUT2D eigenvalue weighted by atomic mass is 35.5. The zero-order valence-corrected chi connectivity index (χ0v) is 16.7. The number of hydrogen-bond acceptors (Lipinski definition) is 4. The summed E-state index contributed by atoms with van der Waals surface area (Å²) in [6, 6.07) is 11.5. The Bertz CT molecular complexity index is 825. The standard InChI is InChI=1S/C21H25ClN2O3/c1-14-4-6-18(10-15(14)2)27-13-21(25)23-17-8-9-24(12-17)19-11-16(22)5-7-20(19)26-3/h4-7,10-11,17H,8-9,12-13H2,1-3H3,(H,23,25). The van der Waals surface area contributed by atoms with E-state index in [1.165, 1.54) is 5.56 Å². The Morgan fingerprint density at radius 1 is 1.22 bits per heavy atom. The molecule has 0 radical (unpaired) electrons. The highest BCUT2D eigenvalue weighted by Crippen LogP contribution is 2.33. The maximum atomic E-state index is 12.2. The van der Waals surface area contributed by atoms with Crippen LogP contribution in [-0.2, 0) is 4.79 Å². The topological polar surface area (TPSA) is 50.8 Å². The molecule has 0 aliphatic carbocycles. The Hall–Kier alpha value is -2.40. The Labute approximate surface area is 165 Å². The van der Waals surface area contributed by atoms with Crippen LogP contribution in [0.3, 0.4) is 0 Å². The van der Waals surface area contributed by atoms with Crippen LogP contribution in [0.15, 0.2) is 36.4 Å². The van der Waals surface area contributed by atoms with Gasteiger partial charge in [0.2, 0.25) is 0 Å². The SMILES string of the molecule is COc1ccc(Cl)cc1N1CCC(NC(=O)COc2ccc(C)c(C)c2)C1. The first-order valence-corrected chi connectivity index (χ1v) is 9.42. The molecule has 5 nitrogen and oxygen atoms in total. The summed E-state index contributed by atoms with van der Waals surface area (Å²) in [5, 5.41) is 3.71. The molecule has 27 heavy (non-hydrogen) atoms. The van der Waals surface area contributed by atoms with E-state index in [4.69, 9.17) is 21.1 Å². The fourth-order valence-corrected chi connectivity index (χ4v) is 3.40. The van der Waals surface area contributed by atoms with E-state index >= 15 is 0 Å². The lowest BCUT2D eigenvalue weighted by Crippen LogP contribution is -2.39. The van der Waals surface area contributed by atoms with Gasteiger partial charge < -0.3 is 19.7 Å². The number of anilines is 1. The minimum Gasteiger partial charge on any atom is -0.495 e. The number of rotatable bonds is 6. The molecule has 0 bridgehead atoms. The number of ether oxygens (including phenoxy) is 2. The van der Waals surface area contributed by atoms with Crippen LogP contribution in [0.4, 0.5) is 5.69 Å². The van der Waals surface area contributed by atoms with Gasteiger partial charge in [0, 0.05) is 24.2 Å². The van der Waals surface area contributed by atoms with Gasteiger partial charge in [-0.3, -0.25) is 4.79 Å². The third kappa shape index (κ3) is 4.86. The van der Waals surface area contributed by atoms with Crippen molar-refractivity contribution < 1.29 is 14.3 Å². The molecule has 1 aliphatic heterocycles. The molecule has 2 aromatic carbocycles. The smallest absolute Gasteiger partial charge is 0.258 e. The number of carbonyl (C=O) groups excluding carboxylic acids is 1. The summed E-state index contributed by atoms with van der Waals surface area (Å²) in [7, 11) is 1.65. The summed E-state index contributed by atoms with van der Waals surface area (Å²) in [5.41, 5.74) is 3.30. The first-order valence-electron chi connectivity index (χ1n) is 9.04. The molecule has 1 aliphatic rings. The van der Waals surface area contributed by atoms with Gasteiger partial charge in [0.1, 0.15) is 11.5 Å². The van der Waals surface area contributed by atoms with Crippen molar-refractivity contribution in [3.8, 4) is 11.5 Å². The Kier molecular flexibility index (Phi) is 6.11. The molecule has 0 spiro atoms. The summed E-state index contributed by atoms with van der Waals surface area (Å²) in [6.07, 6.45) is 0.866. The van der Waals surface area contributed by atoms with Crippen LogP contribution in [0, 0.1) is 13.8 Å². The van der Waals surface area contributed by atoms with E-state index < -0.39 is 0 Å². The molecule has 2 aromatic rings. The molecular formula is C21H25ClN2O3. The quantitative estimate of drug-likeness (QED) is 0.819. The lowest BCUT2D eigenvalue weighted by molar-refractivity contribution is -0.123. The van der Waals surface area contributed by atoms with Crippen molar-refractivity contribution in [1.29, 1.82) is 0 Å². The van der Waals surface area contributed by atoms with E-state index in [0.717, 1.165) is 30.0 Å². The number of methoxy groups -OCH3 is 1. The van der Waals surface area contributed by atoms with Crippen LogP contribution < -0.4 is 19.7 Å². The van der Waals surface area contributed by atoms with E-state index in [9.17, 15) is 4.79 Å². The van der Waals surface area contributed by atoms with Gasteiger partial charge in [-0.1, -0.05) is 17.7 Å². The Morgan fingerprint density at radius 3 is 2.78 bits per heavy atom. The molecule has 0 saturated carbocycles. The normalized spacial score (nSPS) is 16.3. The van der Waals surface area contributed by atoms with Crippen molar-refractivity contribution in [2.45, 2.75) is 26.3 Å². The van der Waals surface area contributed by atoms with E-state index in [-0.39, 0.29) is 18.6 Å². The summed E-state index contributed by atoms with van der Waals surface area (Å²) in [6.45, 7) is 5.64. The zero-order valence-electron chi connectivity index (χ0n) is 15.9. The number of halogens is 1. The highest BCUT2D eigenvalue weighted by molar-refractivity contribution is 6.30. The van der Waals surface area contributed by atoms with Crippen molar-refractivity contribution in [2.75, 3.05) is 31.7 Å². The van der Waals surface area contributed by atoms with Crippen LogP contribution in [0.2, 0.25) is 5.02 Å². The molecule has 1 N–H and O–H groups in total. The summed E-state index contributed by atoms with van der Waals surface area (Å²) < 4.78 is 11.0. The van der Waals surface area contributed by atoms with Crippen LogP contribution >= 0.6 is 11.6 Å². The van der Waals surface area contributed by atoms with Crippen LogP contribution in [0.1, 0.15) is 17.5 Å².